The molecule has 1 aromatic carbocycles. The van der Waals surface area contributed by atoms with Gasteiger partial charge >= 0.3 is 0 Å². The molecule has 1 aromatic rings. The van der Waals surface area contributed by atoms with Gasteiger partial charge in [-0.15, -0.1) is 0 Å². The molecular weight excluding hydrogens is 300 g/mol. The molecule has 1 saturated carbocycles. The zero-order valence-electron chi connectivity index (χ0n) is 14.7. The van der Waals surface area contributed by atoms with Crippen LogP contribution in [0.1, 0.15) is 44.6 Å². The van der Waals surface area contributed by atoms with Gasteiger partial charge in [0.2, 0.25) is 5.91 Å². The fourth-order valence-corrected chi connectivity index (χ4v) is 3.42. The highest BCUT2D eigenvalue weighted by molar-refractivity contribution is 5.76. The Morgan fingerprint density at radius 3 is 2.75 bits per heavy atom. The molecule has 1 saturated heterocycles. The number of hydrogen-bond acceptors (Lipinski definition) is 3. The van der Waals surface area contributed by atoms with Gasteiger partial charge in [0.15, 0.2) is 0 Å². The van der Waals surface area contributed by atoms with Crippen molar-refractivity contribution in [1.82, 2.24) is 10.6 Å². The van der Waals surface area contributed by atoms with Gasteiger partial charge in [0.05, 0.1) is 6.61 Å². The second-order valence-corrected chi connectivity index (χ2v) is 7.41. The second kappa shape index (κ2) is 8.52. The van der Waals surface area contributed by atoms with Gasteiger partial charge in [0, 0.05) is 18.5 Å². The van der Waals surface area contributed by atoms with E-state index in [9.17, 15) is 4.79 Å². The summed E-state index contributed by atoms with van der Waals surface area (Å²) in [5.74, 6) is 2.92. The first-order chi connectivity index (χ1) is 11.7. The summed E-state index contributed by atoms with van der Waals surface area (Å²) in [6.07, 6.45) is 5.56. The van der Waals surface area contributed by atoms with Crippen LogP contribution in [-0.4, -0.2) is 25.6 Å². The number of amides is 1. The molecule has 1 aliphatic carbocycles. The summed E-state index contributed by atoms with van der Waals surface area (Å²) in [4.78, 5) is 12.3. The second-order valence-electron chi connectivity index (χ2n) is 7.41. The van der Waals surface area contributed by atoms with E-state index in [4.69, 9.17) is 4.74 Å². The molecule has 1 aliphatic heterocycles. The molecule has 0 aromatic heterocycles. The molecule has 1 amide bonds. The fraction of sp³-hybridized carbons (Fsp3) is 0.650. The molecular formula is C20H30N2O2. The SMILES string of the molecule is CC(CC(=O)NCc1ccccc1OCC1CC1)C1CCNCC1. The van der Waals surface area contributed by atoms with Crippen LogP contribution in [0.15, 0.2) is 24.3 Å². The normalized spacial score (nSPS) is 19.7. The molecule has 0 bridgehead atoms. The maximum absolute atomic E-state index is 12.3. The van der Waals surface area contributed by atoms with Gasteiger partial charge in [-0.1, -0.05) is 25.1 Å². The Hall–Kier alpha value is -1.55. The van der Waals surface area contributed by atoms with Crippen molar-refractivity contribution in [2.75, 3.05) is 19.7 Å². The Balaban J connectivity index is 1.45. The van der Waals surface area contributed by atoms with Gasteiger partial charge in [-0.2, -0.15) is 0 Å². The van der Waals surface area contributed by atoms with Gasteiger partial charge in [-0.05, 0) is 62.6 Å². The number of hydrogen-bond donors (Lipinski definition) is 2. The first-order valence-corrected chi connectivity index (χ1v) is 9.40. The Morgan fingerprint density at radius 1 is 1.25 bits per heavy atom. The summed E-state index contributed by atoms with van der Waals surface area (Å²) in [6, 6.07) is 8.04. The van der Waals surface area contributed by atoms with Gasteiger partial charge < -0.3 is 15.4 Å². The maximum atomic E-state index is 12.3. The van der Waals surface area contributed by atoms with Crippen molar-refractivity contribution in [2.24, 2.45) is 17.8 Å². The van der Waals surface area contributed by atoms with Crippen LogP contribution in [0.3, 0.4) is 0 Å². The maximum Gasteiger partial charge on any atom is 0.220 e. The van der Waals surface area contributed by atoms with Crippen molar-refractivity contribution in [3.63, 3.8) is 0 Å². The van der Waals surface area contributed by atoms with Crippen molar-refractivity contribution >= 4 is 5.91 Å². The summed E-state index contributed by atoms with van der Waals surface area (Å²) in [5.41, 5.74) is 1.07. The quantitative estimate of drug-likeness (QED) is 0.770. The molecule has 4 heteroatoms. The summed E-state index contributed by atoms with van der Waals surface area (Å²) >= 11 is 0. The minimum Gasteiger partial charge on any atom is -0.493 e. The van der Waals surface area contributed by atoms with Crippen molar-refractivity contribution < 1.29 is 9.53 Å². The van der Waals surface area contributed by atoms with Crippen LogP contribution < -0.4 is 15.4 Å². The summed E-state index contributed by atoms with van der Waals surface area (Å²) in [5, 5.41) is 6.46. The lowest BCUT2D eigenvalue weighted by Crippen LogP contribution is -2.33. The van der Waals surface area contributed by atoms with E-state index in [0.29, 0.717) is 24.8 Å². The lowest BCUT2D eigenvalue weighted by Gasteiger charge is -2.27. The minimum absolute atomic E-state index is 0.151. The van der Waals surface area contributed by atoms with Crippen LogP contribution in [0.4, 0.5) is 0 Å². The van der Waals surface area contributed by atoms with E-state index >= 15 is 0 Å². The fourth-order valence-electron chi connectivity index (χ4n) is 3.42. The molecule has 0 radical (unpaired) electrons. The molecule has 1 unspecified atom stereocenters. The van der Waals surface area contributed by atoms with Crippen LogP contribution in [0.25, 0.3) is 0 Å². The highest BCUT2D eigenvalue weighted by atomic mass is 16.5. The molecule has 4 nitrogen and oxygen atoms in total. The smallest absolute Gasteiger partial charge is 0.220 e. The predicted molar refractivity (Wildman–Crippen MR) is 95.9 cm³/mol. The van der Waals surface area contributed by atoms with E-state index in [0.717, 1.165) is 36.9 Å². The predicted octanol–water partition coefficient (Wildman–Crippen LogP) is 3.12. The number of ether oxygens (including phenoxy) is 1. The molecule has 1 atom stereocenters. The van der Waals surface area contributed by atoms with Gasteiger partial charge in [-0.25, -0.2) is 0 Å². The van der Waals surface area contributed by atoms with E-state index in [-0.39, 0.29) is 5.91 Å². The third-order valence-electron chi connectivity index (χ3n) is 5.32. The summed E-state index contributed by atoms with van der Waals surface area (Å²) in [7, 11) is 0. The third-order valence-corrected chi connectivity index (χ3v) is 5.32. The highest BCUT2D eigenvalue weighted by Crippen LogP contribution is 2.30. The third kappa shape index (κ3) is 5.23. The Labute approximate surface area is 145 Å². The molecule has 2 aliphatic rings. The first-order valence-electron chi connectivity index (χ1n) is 9.40. The standard InChI is InChI=1S/C20H30N2O2/c1-15(17-8-10-21-11-9-17)12-20(23)22-13-18-4-2-3-5-19(18)24-14-16-6-7-16/h2-5,15-17,21H,6-14H2,1H3,(H,22,23). The number of benzene rings is 1. The molecule has 1 heterocycles. The molecule has 132 valence electrons. The number of para-hydroxylation sites is 1. The lowest BCUT2D eigenvalue weighted by atomic mass is 9.84. The zero-order chi connectivity index (χ0) is 16.8. The molecule has 2 fully saturated rings. The van der Waals surface area contributed by atoms with Crippen molar-refractivity contribution in [1.29, 1.82) is 0 Å². The molecule has 24 heavy (non-hydrogen) atoms. The van der Waals surface area contributed by atoms with E-state index in [1.807, 2.05) is 24.3 Å². The average molecular weight is 330 g/mol. The Morgan fingerprint density at radius 2 is 2.00 bits per heavy atom. The number of rotatable bonds is 8. The minimum atomic E-state index is 0.151. The largest absolute Gasteiger partial charge is 0.493 e. The first kappa shape index (κ1) is 17.3. The van der Waals surface area contributed by atoms with Crippen LogP contribution in [-0.2, 0) is 11.3 Å². The van der Waals surface area contributed by atoms with Gasteiger partial charge in [-0.3, -0.25) is 4.79 Å². The number of piperidine rings is 1. The number of nitrogens with one attached hydrogen (secondary N) is 2. The molecule has 0 spiro atoms. The van der Waals surface area contributed by atoms with Gasteiger partial charge in [0.25, 0.3) is 0 Å². The lowest BCUT2D eigenvalue weighted by molar-refractivity contribution is -0.122. The Kier molecular flexibility index (Phi) is 6.13. The Bertz CT molecular complexity index is 536. The van der Waals surface area contributed by atoms with Crippen molar-refractivity contribution in [3.8, 4) is 5.75 Å². The monoisotopic (exact) mass is 330 g/mol. The average Bonchev–Trinajstić information content (AvgIpc) is 3.44. The van der Waals surface area contributed by atoms with Crippen molar-refractivity contribution in [2.45, 2.75) is 45.6 Å². The summed E-state index contributed by atoms with van der Waals surface area (Å²) < 4.78 is 5.91. The van der Waals surface area contributed by atoms with E-state index in [1.165, 1.54) is 25.7 Å². The van der Waals surface area contributed by atoms with Crippen molar-refractivity contribution in [3.05, 3.63) is 29.8 Å². The highest BCUT2D eigenvalue weighted by Gasteiger charge is 2.23. The molecule has 2 N–H and O–H groups in total. The van der Waals surface area contributed by atoms with Crippen LogP contribution in [0, 0.1) is 17.8 Å². The number of carbonyl (C=O) groups is 1. The van der Waals surface area contributed by atoms with Gasteiger partial charge in [0.1, 0.15) is 5.75 Å². The topological polar surface area (TPSA) is 50.4 Å². The van der Waals surface area contributed by atoms with Crippen LogP contribution >= 0.6 is 0 Å². The summed E-state index contributed by atoms with van der Waals surface area (Å²) in [6.45, 7) is 5.74. The van der Waals surface area contributed by atoms with Crippen LogP contribution in [0.2, 0.25) is 0 Å². The van der Waals surface area contributed by atoms with Crippen LogP contribution in [0.5, 0.6) is 5.75 Å². The van der Waals surface area contributed by atoms with E-state index in [2.05, 4.69) is 17.6 Å². The molecule has 3 rings (SSSR count). The zero-order valence-corrected chi connectivity index (χ0v) is 14.7. The number of carbonyl (C=O) groups excluding carboxylic acids is 1. The van der Waals surface area contributed by atoms with E-state index < -0.39 is 0 Å². The van der Waals surface area contributed by atoms with E-state index in [1.54, 1.807) is 0 Å².